The van der Waals surface area contributed by atoms with Crippen molar-refractivity contribution in [2.75, 3.05) is 6.54 Å². The van der Waals surface area contributed by atoms with E-state index < -0.39 is 24.0 Å². The lowest BCUT2D eigenvalue weighted by Gasteiger charge is -2.14. The predicted octanol–water partition coefficient (Wildman–Crippen LogP) is 1.98. The summed E-state index contributed by atoms with van der Waals surface area (Å²) >= 11 is 0. The van der Waals surface area contributed by atoms with Gasteiger partial charge in [0.15, 0.2) is 11.8 Å². The van der Waals surface area contributed by atoms with E-state index in [1.807, 2.05) is 6.92 Å². The molecule has 1 aromatic carbocycles. The Morgan fingerprint density at radius 3 is 2.48 bits per heavy atom. The first-order chi connectivity index (χ1) is 13.9. The van der Waals surface area contributed by atoms with E-state index in [4.69, 9.17) is 4.74 Å². The van der Waals surface area contributed by atoms with Crippen molar-refractivity contribution in [3.05, 3.63) is 40.3 Å². The van der Waals surface area contributed by atoms with Crippen molar-refractivity contribution in [2.24, 2.45) is 0 Å². The molecule has 2 aromatic rings. The third-order valence-electron chi connectivity index (χ3n) is 4.26. The fourth-order valence-corrected chi connectivity index (χ4v) is 2.74. The Hall–Kier alpha value is -3.23. The fourth-order valence-electron chi connectivity index (χ4n) is 2.74. The number of carbonyl (C=O) groups is 3. The van der Waals surface area contributed by atoms with Crippen LogP contribution in [0, 0.1) is 0 Å². The number of hydrogen-bond acceptors (Lipinski definition) is 6. The summed E-state index contributed by atoms with van der Waals surface area (Å²) < 4.78 is 6.45. The number of esters is 1. The van der Waals surface area contributed by atoms with E-state index in [1.165, 1.54) is 11.6 Å². The largest absolute Gasteiger partial charge is 0.448 e. The van der Waals surface area contributed by atoms with Crippen molar-refractivity contribution in [2.45, 2.75) is 52.7 Å². The first-order valence-electron chi connectivity index (χ1n) is 9.68. The summed E-state index contributed by atoms with van der Waals surface area (Å²) in [7, 11) is 0. The molecular formula is C20H26N4O5. The van der Waals surface area contributed by atoms with E-state index in [1.54, 1.807) is 31.2 Å². The van der Waals surface area contributed by atoms with Crippen LogP contribution in [0.4, 0.5) is 4.79 Å². The number of aromatic nitrogens is 2. The van der Waals surface area contributed by atoms with Gasteiger partial charge in [-0.2, -0.15) is 5.10 Å². The molecule has 0 bridgehead atoms. The van der Waals surface area contributed by atoms with Crippen LogP contribution in [-0.4, -0.2) is 40.3 Å². The average Bonchev–Trinajstić information content (AvgIpc) is 2.69. The first kappa shape index (κ1) is 22.1. The van der Waals surface area contributed by atoms with Crippen LogP contribution in [0.25, 0.3) is 10.8 Å². The molecule has 0 saturated carbocycles. The zero-order chi connectivity index (χ0) is 21.4. The van der Waals surface area contributed by atoms with Crippen molar-refractivity contribution in [1.29, 1.82) is 0 Å². The molecular weight excluding hydrogens is 376 g/mol. The van der Waals surface area contributed by atoms with Crippen molar-refractivity contribution in [1.82, 2.24) is 20.4 Å². The summed E-state index contributed by atoms with van der Waals surface area (Å²) in [5.74, 6) is -1.60. The number of rotatable bonds is 8. The molecule has 0 aliphatic carbocycles. The third kappa shape index (κ3) is 5.63. The minimum Gasteiger partial charge on any atom is -0.448 e. The number of nitrogens with one attached hydrogen (secondary N) is 2. The third-order valence-corrected chi connectivity index (χ3v) is 4.26. The van der Waals surface area contributed by atoms with E-state index in [0.29, 0.717) is 23.9 Å². The van der Waals surface area contributed by atoms with Crippen LogP contribution < -0.4 is 16.2 Å². The maximum absolute atomic E-state index is 12.7. The van der Waals surface area contributed by atoms with Gasteiger partial charge >= 0.3 is 12.0 Å². The zero-order valence-corrected chi connectivity index (χ0v) is 16.9. The number of amides is 3. The van der Waals surface area contributed by atoms with Gasteiger partial charge in [-0.1, -0.05) is 38.0 Å². The number of carbonyl (C=O) groups excluding carboxylic acids is 3. The summed E-state index contributed by atoms with van der Waals surface area (Å²) in [6, 6.07) is 5.95. The lowest BCUT2D eigenvalue weighted by atomic mass is 10.1. The number of hydrogen-bond donors (Lipinski definition) is 2. The Kier molecular flexibility index (Phi) is 7.88. The smallest absolute Gasteiger partial charge is 0.360 e. The summed E-state index contributed by atoms with van der Waals surface area (Å²) in [6.45, 7) is 5.84. The van der Waals surface area contributed by atoms with Crippen molar-refractivity contribution < 1.29 is 19.1 Å². The van der Waals surface area contributed by atoms with Gasteiger partial charge < -0.3 is 10.1 Å². The van der Waals surface area contributed by atoms with Crippen molar-refractivity contribution in [3.8, 4) is 0 Å². The predicted molar refractivity (Wildman–Crippen MR) is 108 cm³/mol. The molecule has 0 spiro atoms. The van der Waals surface area contributed by atoms with E-state index in [2.05, 4.69) is 15.7 Å². The second-order valence-electron chi connectivity index (χ2n) is 6.53. The Labute approximate surface area is 168 Å². The SMILES string of the molecule is CCCCCn1nc(C(=O)O[C@@H](C)C(=O)NC(=O)NCC)c2ccccc2c1=O. The zero-order valence-electron chi connectivity index (χ0n) is 16.9. The topological polar surface area (TPSA) is 119 Å². The van der Waals surface area contributed by atoms with Gasteiger partial charge in [-0.15, -0.1) is 0 Å². The van der Waals surface area contributed by atoms with E-state index in [0.717, 1.165) is 19.3 Å². The molecule has 3 amide bonds. The molecule has 2 rings (SSSR count). The Balaban J connectivity index is 2.27. The molecule has 0 radical (unpaired) electrons. The number of benzene rings is 1. The first-order valence-corrected chi connectivity index (χ1v) is 9.68. The number of unbranched alkanes of at least 4 members (excludes halogenated alkanes) is 2. The molecule has 9 nitrogen and oxygen atoms in total. The Morgan fingerprint density at radius 1 is 1.14 bits per heavy atom. The van der Waals surface area contributed by atoms with Crippen LogP contribution in [0.3, 0.4) is 0 Å². The van der Waals surface area contributed by atoms with E-state index in [9.17, 15) is 19.2 Å². The number of fused-ring (bicyclic) bond motifs is 1. The second kappa shape index (κ2) is 10.4. The Bertz CT molecular complexity index is 954. The summed E-state index contributed by atoms with van der Waals surface area (Å²) in [4.78, 5) is 48.8. The van der Waals surface area contributed by atoms with E-state index >= 15 is 0 Å². The molecule has 0 unspecified atom stereocenters. The molecule has 1 aromatic heterocycles. The maximum atomic E-state index is 12.7. The fraction of sp³-hybridized carbons (Fsp3) is 0.450. The molecule has 0 aliphatic heterocycles. The van der Waals surface area contributed by atoms with Gasteiger partial charge in [0.05, 0.1) is 5.39 Å². The van der Waals surface area contributed by atoms with Crippen LogP contribution in [0.1, 0.15) is 50.5 Å². The number of nitrogens with zero attached hydrogens (tertiary/aromatic N) is 2. The second-order valence-corrected chi connectivity index (χ2v) is 6.53. The number of ether oxygens (including phenoxy) is 1. The highest BCUT2D eigenvalue weighted by atomic mass is 16.5. The van der Waals surface area contributed by atoms with Crippen LogP contribution in [0.5, 0.6) is 0 Å². The molecule has 2 N–H and O–H groups in total. The molecule has 0 saturated heterocycles. The van der Waals surface area contributed by atoms with Crippen molar-refractivity contribution in [3.63, 3.8) is 0 Å². The lowest BCUT2D eigenvalue weighted by molar-refractivity contribution is -0.127. The number of aryl methyl sites for hydroxylation is 1. The van der Waals surface area contributed by atoms with Gasteiger partial charge in [0, 0.05) is 18.5 Å². The van der Waals surface area contributed by atoms with Crippen LogP contribution in [0.15, 0.2) is 29.1 Å². The lowest BCUT2D eigenvalue weighted by Crippen LogP contribution is -2.44. The normalized spacial score (nSPS) is 11.7. The van der Waals surface area contributed by atoms with Gasteiger partial charge in [-0.3, -0.25) is 14.9 Å². The van der Waals surface area contributed by atoms with Gasteiger partial charge in [0.25, 0.3) is 11.5 Å². The van der Waals surface area contributed by atoms with Crippen LogP contribution in [0.2, 0.25) is 0 Å². The highest BCUT2D eigenvalue weighted by Gasteiger charge is 2.24. The highest BCUT2D eigenvalue weighted by Crippen LogP contribution is 2.15. The Morgan fingerprint density at radius 2 is 1.83 bits per heavy atom. The van der Waals surface area contributed by atoms with Gasteiger partial charge in [-0.25, -0.2) is 14.3 Å². The molecule has 1 heterocycles. The molecule has 156 valence electrons. The molecule has 0 fully saturated rings. The van der Waals surface area contributed by atoms with Crippen LogP contribution >= 0.6 is 0 Å². The summed E-state index contributed by atoms with van der Waals surface area (Å²) in [5, 5.41) is 9.40. The van der Waals surface area contributed by atoms with Gasteiger partial charge in [0.1, 0.15) is 0 Å². The minimum absolute atomic E-state index is 0.0469. The summed E-state index contributed by atoms with van der Waals surface area (Å²) in [6.07, 6.45) is 1.44. The molecule has 29 heavy (non-hydrogen) atoms. The minimum atomic E-state index is -1.22. The van der Waals surface area contributed by atoms with Crippen molar-refractivity contribution >= 4 is 28.7 Å². The summed E-state index contributed by atoms with van der Waals surface area (Å²) in [5.41, 5.74) is -0.329. The molecule has 1 atom stereocenters. The quantitative estimate of drug-likeness (QED) is 0.515. The number of urea groups is 1. The van der Waals surface area contributed by atoms with Crippen LogP contribution in [-0.2, 0) is 16.1 Å². The molecule has 0 aliphatic rings. The number of imide groups is 1. The van der Waals surface area contributed by atoms with Gasteiger partial charge in [-0.05, 0) is 26.3 Å². The monoisotopic (exact) mass is 402 g/mol. The molecule has 9 heteroatoms. The highest BCUT2D eigenvalue weighted by molar-refractivity contribution is 6.03. The van der Waals surface area contributed by atoms with Gasteiger partial charge in [0.2, 0.25) is 0 Å². The maximum Gasteiger partial charge on any atom is 0.360 e. The van der Waals surface area contributed by atoms with E-state index in [-0.39, 0.29) is 11.3 Å². The average molecular weight is 402 g/mol. The standard InChI is InChI=1S/C20H26N4O5/c1-4-6-9-12-24-18(26)15-11-8-7-10-14(15)16(23-24)19(27)29-13(3)17(25)22-20(28)21-5-2/h7-8,10-11,13H,4-6,9,12H2,1-3H3,(H2,21,22,25,28)/t13-/m0/s1.